The van der Waals surface area contributed by atoms with E-state index >= 15 is 0 Å². The summed E-state index contributed by atoms with van der Waals surface area (Å²) in [5, 5.41) is 7.46. The van der Waals surface area contributed by atoms with Crippen LogP contribution in [0, 0.1) is 0 Å². The first kappa shape index (κ1) is 20.0. The molecule has 1 fully saturated rings. The lowest BCUT2D eigenvalue weighted by Crippen LogP contribution is -2.39. The lowest BCUT2D eigenvalue weighted by atomic mass is 9.94. The molecule has 30 heavy (non-hydrogen) atoms. The maximum Gasteiger partial charge on any atom is 0.226 e. The van der Waals surface area contributed by atoms with Crippen molar-refractivity contribution in [3.8, 4) is 22.6 Å². The highest BCUT2D eigenvalue weighted by molar-refractivity contribution is 5.77. The molecule has 156 valence electrons. The molecule has 1 aliphatic rings. The van der Waals surface area contributed by atoms with Crippen LogP contribution < -0.4 is 9.47 Å². The Kier molecular flexibility index (Phi) is 6.32. The van der Waals surface area contributed by atoms with Crippen LogP contribution in [0.2, 0.25) is 0 Å². The fourth-order valence-corrected chi connectivity index (χ4v) is 4.00. The smallest absolute Gasteiger partial charge is 0.226 e. The van der Waals surface area contributed by atoms with E-state index in [1.54, 1.807) is 7.11 Å². The van der Waals surface area contributed by atoms with Gasteiger partial charge in [-0.25, -0.2) is 0 Å². The lowest BCUT2D eigenvalue weighted by molar-refractivity contribution is -0.135. The van der Waals surface area contributed by atoms with Crippen LogP contribution in [0.5, 0.6) is 11.5 Å². The topological polar surface area (TPSA) is 67.5 Å². The zero-order valence-corrected chi connectivity index (χ0v) is 17.2. The Hall–Kier alpha value is -3.28. The first-order valence-corrected chi connectivity index (χ1v) is 10.4. The van der Waals surface area contributed by atoms with Gasteiger partial charge in [-0.15, -0.1) is 0 Å². The number of benzene rings is 2. The third-order valence-corrected chi connectivity index (χ3v) is 5.55. The first-order chi connectivity index (χ1) is 14.8. The van der Waals surface area contributed by atoms with Crippen LogP contribution in [-0.4, -0.2) is 41.3 Å². The van der Waals surface area contributed by atoms with Crippen molar-refractivity contribution in [2.24, 2.45) is 0 Å². The number of hydrogen-bond donors (Lipinski definition) is 1. The van der Waals surface area contributed by atoms with Crippen LogP contribution in [0.1, 0.15) is 37.4 Å². The molecule has 0 aliphatic carbocycles. The van der Waals surface area contributed by atoms with Crippen LogP contribution in [0.3, 0.4) is 0 Å². The quantitative estimate of drug-likeness (QED) is 0.623. The van der Waals surface area contributed by atoms with Crippen molar-refractivity contribution in [1.82, 2.24) is 15.1 Å². The summed E-state index contributed by atoms with van der Waals surface area (Å²) in [7, 11) is 1.66. The highest BCUT2D eigenvalue weighted by Gasteiger charge is 2.30. The Bertz CT molecular complexity index is 953. The Morgan fingerprint density at radius 2 is 1.90 bits per heavy atom. The number of carbonyl (C=O) groups excluding carboxylic acids is 1. The lowest BCUT2D eigenvalue weighted by Gasteiger charge is -2.35. The number of methoxy groups -OCH3 is 1. The van der Waals surface area contributed by atoms with E-state index in [1.807, 2.05) is 65.7 Å². The summed E-state index contributed by atoms with van der Waals surface area (Å²) in [4.78, 5) is 15.0. The van der Waals surface area contributed by atoms with Crippen LogP contribution in [-0.2, 0) is 4.79 Å². The van der Waals surface area contributed by atoms with Gasteiger partial charge in [-0.2, -0.15) is 5.10 Å². The maximum absolute atomic E-state index is 13.0. The van der Waals surface area contributed by atoms with Crippen LogP contribution in [0.4, 0.5) is 0 Å². The molecule has 0 saturated carbocycles. The molecule has 2 heterocycles. The zero-order chi connectivity index (χ0) is 20.8. The molecule has 6 nitrogen and oxygen atoms in total. The SMILES string of the molecule is COc1ccc(-c2cn[nH]c2C2CCCCN2C(=O)CCOc2ccccc2)cc1. The molecule has 6 heteroatoms. The number of carbonyl (C=O) groups is 1. The number of para-hydroxylation sites is 1. The number of nitrogens with zero attached hydrogens (tertiary/aromatic N) is 2. The van der Waals surface area contributed by atoms with E-state index in [0.717, 1.165) is 54.1 Å². The van der Waals surface area contributed by atoms with Crippen molar-refractivity contribution in [3.05, 3.63) is 66.5 Å². The molecule has 0 radical (unpaired) electrons. The van der Waals surface area contributed by atoms with Crippen molar-refractivity contribution >= 4 is 5.91 Å². The zero-order valence-electron chi connectivity index (χ0n) is 17.2. The van der Waals surface area contributed by atoms with Gasteiger partial charge in [0.25, 0.3) is 0 Å². The van der Waals surface area contributed by atoms with Gasteiger partial charge in [-0.3, -0.25) is 9.89 Å². The van der Waals surface area contributed by atoms with Gasteiger partial charge in [0.2, 0.25) is 5.91 Å². The number of amides is 1. The molecule has 1 aliphatic heterocycles. The summed E-state index contributed by atoms with van der Waals surface area (Å²) in [5.74, 6) is 1.72. The van der Waals surface area contributed by atoms with Crippen molar-refractivity contribution in [1.29, 1.82) is 0 Å². The van der Waals surface area contributed by atoms with Gasteiger partial charge in [0.05, 0.1) is 38.1 Å². The third kappa shape index (κ3) is 4.48. The molecular weight excluding hydrogens is 378 g/mol. The van der Waals surface area contributed by atoms with E-state index in [9.17, 15) is 4.79 Å². The summed E-state index contributed by atoms with van der Waals surface area (Å²) in [6.07, 6.45) is 5.24. The largest absolute Gasteiger partial charge is 0.497 e. The highest BCUT2D eigenvalue weighted by atomic mass is 16.5. The molecule has 3 aromatic rings. The molecule has 1 amide bonds. The Balaban J connectivity index is 1.47. The summed E-state index contributed by atoms with van der Waals surface area (Å²) < 4.78 is 11.0. The molecule has 1 atom stereocenters. The minimum Gasteiger partial charge on any atom is -0.497 e. The molecule has 2 aromatic carbocycles. The standard InChI is InChI=1S/C24H27N3O3/c1-29-19-12-10-18(11-13-19)21-17-25-26-24(21)22-9-5-6-15-27(22)23(28)14-16-30-20-7-3-2-4-8-20/h2-4,7-8,10-13,17,22H,5-6,9,14-16H2,1H3,(H,25,26). The number of aromatic nitrogens is 2. The highest BCUT2D eigenvalue weighted by Crippen LogP contribution is 2.36. The van der Waals surface area contributed by atoms with Crippen LogP contribution in [0.25, 0.3) is 11.1 Å². The fraction of sp³-hybridized carbons (Fsp3) is 0.333. The second-order valence-corrected chi connectivity index (χ2v) is 7.44. The molecular formula is C24H27N3O3. The average Bonchev–Trinajstić information content (AvgIpc) is 3.29. The second-order valence-electron chi connectivity index (χ2n) is 7.44. The van der Waals surface area contributed by atoms with Gasteiger partial charge in [0.15, 0.2) is 0 Å². The van der Waals surface area contributed by atoms with E-state index in [1.165, 1.54) is 0 Å². The number of rotatable bonds is 7. The Morgan fingerprint density at radius 3 is 2.67 bits per heavy atom. The molecule has 0 bridgehead atoms. The predicted molar refractivity (Wildman–Crippen MR) is 115 cm³/mol. The van der Waals surface area contributed by atoms with Crippen LogP contribution >= 0.6 is 0 Å². The number of aromatic amines is 1. The van der Waals surface area contributed by atoms with Crippen molar-refractivity contribution < 1.29 is 14.3 Å². The number of hydrogen-bond acceptors (Lipinski definition) is 4. The Labute approximate surface area is 176 Å². The molecule has 4 rings (SSSR count). The van der Waals surface area contributed by atoms with Crippen molar-refractivity contribution in [2.75, 3.05) is 20.3 Å². The summed E-state index contributed by atoms with van der Waals surface area (Å²) in [5.41, 5.74) is 3.09. The van der Waals surface area contributed by atoms with Gasteiger partial charge in [-0.1, -0.05) is 30.3 Å². The average molecular weight is 405 g/mol. The van der Waals surface area contributed by atoms with Gasteiger partial charge in [-0.05, 0) is 49.1 Å². The van der Waals surface area contributed by atoms with Gasteiger partial charge >= 0.3 is 0 Å². The minimum atomic E-state index is 0.00239. The van der Waals surface area contributed by atoms with E-state index in [2.05, 4.69) is 10.2 Å². The van der Waals surface area contributed by atoms with E-state index in [0.29, 0.717) is 13.0 Å². The molecule has 1 unspecified atom stereocenters. The van der Waals surface area contributed by atoms with Gasteiger partial charge in [0, 0.05) is 12.1 Å². The number of piperidine rings is 1. The summed E-state index contributed by atoms with van der Waals surface area (Å²) >= 11 is 0. The number of likely N-dealkylation sites (tertiary alicyclic amines) is 1. The fourth-order valence-electron chi connectivity index (χ4n) is 4.00. The van der Waals surface area contributed by atoms with E-state index in [4.69, 9.17) is 9.47 Å². The molecule has 0 spiro atoms. The minimum absolute atomic E-state index is 0.00239. The van der Waals surface area contributed by atoms with Gasteiger partial charge in [0.1, 0.15) is 11.5 Å². The maximum atomic E-state index is 13.0. The molecule has 1 saturated heterocycles. The number of nitrogens with one attached hydrogen (secondary N) is 1. The summed E-state index contributed by atoms with van der Waals surface area (Å²) in [6, 6.07) is 17.5. The van der Waals surface area contributed by atoms with E-state index in [-0.39, 0.29) is 11.9 Å². The Morgan fingerprint density at radius 1 is 1.10 bits per heavy atom. The first-order valence-electron chi connectivity index (χ1n) is 10.4. The van der Waals surface area contributed by atoms with Crippen molar-refractivity contribution in [3.63, 3.8) is 0 Å². The third-order valence-electron chi connectivity index (χ3n) is 5.55. The second kappa shape index (κ2) is 9.48. The monoisotopic (exact) mass is 405 g/mol. The predicted octanol–water partition coefficient (Wildman–Crippen LogP) is 4.61. The molecule has 1 aromatic heterocycles. The molecule has 1 N–H and O–H groups in total. The number of ether oxygens (including phenoxy) is 2. The number of H-pyrrole nitrogens is 1. The van der Waals surface area contributed by atoms with E-state index < -0.39 is 0 Å². The van der Waals surface area contributed by atoms with Crippen LogP contribution in [0.15, 0.2) is 60.8 Å². The van der Waals surface area contributed by atoms with Crippen molar-refractivity contribution in [2.45, 2.75) is 31.7 Å². The normalized spacial score (nSPS) is 16.3. The van der Waals surface area contributed by atoms with Gasteiger partial charge < -0.3 is 14.4 Å². The summed E-state index contributed by atoms with van der Waals surface area (Å²) in [6.45, 7) is 1.14.